The molecule has 1 aliphatic rings. The molecule has 3 N–H and O–H groups in total. The third-order valence-electron chi connectivity index (χ3n) is 4.98. The van der Waals surface area contributed by atoms with Crippen LogP contribution in [0.15, 0.2) is 30.5 Å². The second-order valence-corrected chi connectivity index (χ2v) is 7.05. The Kier molecular flexibility index (Phi) is 5.60. The van der Waals surface area contributed by atoms with Crippen molar-refractivity contribution in [3.05, 3.63) is 36.0 Å². The zero-order valence-corrected chi connectivity index (χ0v) is 15.0. The lowest BCUT2D eigenvalue weighted by Gasteiger charge is -2.35. The lowest BCUT2D eigenvalue weighted by molar-refractivity contribution is 0.146. The summed E-state index contributed by atoms with van der Waals surface area (Å²) >= 11 is 0. The molecule has 6 heteroatoms. The van der Waals surface area contributed by atoms with Crippen LogP contribution < -0.4 is 5.32 Å². The number of aromatic nitrogens is 1. The molecule has 0 saturated carbocycles. The van der Waals surface area contributed by atoms with Gasteiger partial charge in [-0.05, 0) is 30.9 Å². The molecule has 3 rings (SSSR count). The van der Waals surface area contributed by atoms with Gasteiger partial charge in [0.05, 0.1) is 6.61 Å². The number of carbonyl (C=O) groups excluding carboxylic acids is 1. The van der Waals surface area contributed by atoms with Gasteiger partial charge in [0.25, 0.3) is 0 Å². The van der Waals surface area contributed by atoms with E-state index < -0.39 is 0 Å². The maximum Gasteiger partial charge on any atom is 0.319 e. The average molecular weight is 344 g/mol. The number of likely N-dealkylation sites (tertiary alicyclic amines) is 1. The Bertz CT molecular complexity index is 704. The molecule has 0 radical (unpaired) electrons. The maximum atomic E-state index is 12.0. The summed E-state index contributed by atoms with van der Waals surface area (Å²) in [5.74, 6) is 0. The summed E-state index contributed by atoms with van der Waals surface area (Å²) in [6.07, 6.45) is 4.67. The van der Waals surface area contributed by atoms with E-state index in [1.807, 2.05) is 23.2 Å². The second kappa shape index (κ2) is 7.89. The van der Waals surface area contributed by atoms with Crippen LogP contribution in [0, 0.1) is 0 Å². The first-order valence-electron chi connectivity index (χ1n) is 8.96. The molecule has 6 nitrogen and oxygen atoms in total. The number of carbonyl (C=O) groups is 1. The number of aliphatic hydroxyl groups excluding tert-OH is 1. The summed E-state index contributed by atoms with van der Waals surface area (Å²) in [6.45, 7) is 1.64. The number of nitrogens with zero attached hydrogens (tertiary/aromatic N) is 2. The number of aromatic amines is 1. The Labute approximate surface area is 148 Å². The smallest absolute Gasteiger partial charge is 0.319 e. The Hall–Kier alpha value is -2.05. The van der Waals surface area contributed by atoms with Crippen LogP contribution in [0.2, 0.25) is 0 Å². The standard InChI is InChI=1S/C19H28N4O2/c1-22(2)19(25)23-9-7-15(8-10-23)21-16(13-24)11-14-12-20-18-6-4-3-5-17(14)18/h3-6,12,15-16,20-21,24H,7-11,13H2,1-2H3. The fraction of sp³-hybridized carbons (Fsp3) is 0.526. The summed E-state index contributed by atoms with van der Waals surface area (Å²) in [6, 6.07) is 8.69. The van der Waals surface area contributed by atoms with E-state index in [1.54, 1.807) is 19.0 Å². The summed E-state index contributed by atoms with van der Waals surface area (Å²) in [5, 5.41) is 14.6. The first kappa shape index (κ1) is 17.8. The number of hydrogen-bond acceptors (Lipinski definition) is 3. The van der Waals surface area contributed by atoms with E-state index in [4.69, 9.17) is 0 Å². The number of fused-ring (bicyclic) bond motifs is 1. The van der Waals surface area contributed by atoms with Gasteiger partial charge in [0.15, 0.2) is 0 Å². The Morgan fingerprint density at radius 2 is 2.08 bits per heavy atom. The summed E-state index contributed by atoms with van der Waals surface area (Å²) in [5.41, 5.74) is 2.35. The van der Waals surface area contributed by atoms with Gasteiger partial charge in [-0.2, -0.15) is 0 Å². The van der Waals surface area contributed by atoms with Crippen LogP contribution in [0.3, 0.4) is 0 Å². The number of rotatable bonds is 5. The van der Waals surface area contributed by atoms with Crippen molar-refractivity contribution in [3.8, 4) is 0 Å². The van der Waals surface area contributed by atoms with Gasteiger partial charge in [-0.15, -0.1) is 0 Å². The number of para-hydroxylation sites is 1. The van der Waals surface area contributed by atoms with E-state index in [0.29, 0.717) is 6.04 Å². The SMILES string of the molecule is CN(C)C(=O)N1CCC(NC(CO)Cc2c[nH]c3ccccc23)CC1. The Morgan fingerprint density at radius 1 is 1.36 bits per heavy atom. The Balaban J connectivity index is 1.56. The van der Waals surface area contributed by atoms with E-state index in [0.717, 1.165) is 37.9 Å². The van der Waals surface area contributed by atoms with Crippen molar-refractivity contribution in [3.63, 3.8) is 0 Å². The highest BCUT2D eigenvalue weighted by atomic mass is 16.3. The molecule has 1 fully saturated rings. The van der Waals surface area contributed by atoms with Crippen LogP contribution in [0.25, 0.3) is 10.9 Å². The van der Waals surface area contributed by atoms with E-state index in [-0.39, 0.29) is 18.7 Å². The van der Waals surface area contributed by atoms with Crippen LogP contribution in [0.4, 0.5) is 4.79 Å². The third kappa shape index (κ3) is 4.14. The van der Waals surface area contributed by atoms with Gasteiger partial charge in [-0.25, -0.2) is 4.79 Å². The minimum atomic E-state index is 0.0281. The van der Waals surface area contributed by atoms with E-state index in [2.05, 4.69) is 22.4 Å². The normalized spacial score (nSPS) is 17.0. The van der Waals surface area contributed by atoms with E-state index in [9.17, 15) is 9.90 Å². The largest absolute Gasteiger partial charge is 0.395 e. The fourth-order valence-electron chi connectivity index (χ4n) is 3.60. The molecule has 2 heterocycles. The molecule has 0 bridgehead atoms. The molecular formula is C19H28N4O2. The molecule has 1 aromatic heterocycles. The topological polar surface area (TPSA) is 71.6 Å². The zero-order chi connectivity index (χ0) is 17.8. The number of urea groups is 1. The number of nitrogens with one attached hydrogen (secondary N) is 2. The first-order valence-corrected chi connectivity index (χ1v) is 8.96. The first-order chi connectivity index (χ1) is 12.1. The molecule has 0 aliphatic carbocycles. The molecule has 1 saturated heterocycles. The minimum absolute atomic E-state index is 0.0281. The quantitative estimate of drug-likeness (QED) is 0.775. The predicted octanol–water partition coefficient (Wildman–Crippen LogP) is 1.81. The van der Waals surface area contributed by atoms with Gasteiger partial charge >= 0.3 is 6.03 Å². The molecule has 1 aliphatic heterocycles. The highest BCUT2D eigenvalue weighted by molar-refractivity contribution is 5.83. The number of amides is 2. The van der Waals surface area contributed by atoms with Crippen LogP contribution in [0.5, 0.6) is 0 Å². The second-order valence-electron chi connectivity index (χ2n) is 7.05. The van der Waals surface area contributed by atoms with Gasteiger partial charge in [0, 0.05) is 56.4 Å². The van der Waals surface area contributed by atoms with Gasteiger partial charge < -0.3 is 25.2 Å². The molecule has 1 aromatic carbocycles. The predicted molar refractivity (Wildman–Crippen MR) is 99.7 cm³/mol. The highest BCUT2D eigenvalue weighted by Crippen LogP contribution is 2.20. The van der Waals surface area contributed by atoms with Crippen molar-refractivity contribution in [1.29, 1.82) is 0 Å². The molecule has 1 unspecified atom stereocenters. The average Bonchev–Trinajstić information content (AvgIpc) is 3.04. The fourth-order valence-corrected chi connectivity index (χ4v) is 3.60. The summed E-state index contributed by atoms with van der Waals surface area (Å²) < 4.78 is 0. The van der Waals surface area contributed by atoms with E-state index in [1.165, 1.54) is 10.9 Å². The van der Waals surface area contributed by atoms with Crippen molar-refractivity contribution in [2.24, 2.45) is 0 Å². The van der Waals surface area contributed by atoms with Crippen molar-refractivity contribution in [2.45, 2.75) is 31.3 Å². The molecule has 0 spiro atoms. The van der Waals surface area contributed by atoms with Crippen molar-refractivity contribution >= 4 is 16.9 Å². The van der Waals surface area contributed by atoms with Crippen LogP contribution in [0.1, 0.15) is 18.4 Å². The van der Waals surface area contributed by atoms with Crippen molar-refractivity contribution in [2.75, 3.05) is 33.8 Å². The van der Waals surface area contributed by atoms with Gasteiger partial charge in [-0.1, -0.05) is 18.2 Å². The highest BCUT2D eigenvalue weighted by Gasteiger charge is 2.25. The summed E-state index contributed by atoms with van der Waals surface area (Å²) in [7, 11) is 3.57. The molecule has 136 valence electrons. The number of H-pyrrole nitrogens is 1. The Morgan fingerprint density at radius 3 is 2.76 bits per heavy atom. The van der Waals surface area contributed by atoms with E-state index >= 15 is 0 Å². The molecule has 1 atom stereocenters. The van der Waals surface area contributed by atoms with Crippen molar-refractivity contribution < 1.29 is 9.90 Å². The van der Waals surface area contributed by atoms with Gasteiger partial charge in [0.1, 0.15) is 0 Å². The molecule has 2 amide bonds. The summed E-state index contributed by atoms with van der Waals surface area (Å²) in [4.78, 5) is 18.8. The van der Waals surface area contributed by atoms with Gasteiger partial charge in [0.2, 0.25) is 0 Å². The lowest BCUT2D eigenvalue weighted by atomic mass is 10.0. The van der Waals surface area contributed by atoms with Crippen LogP contribution >= 0.6 is 0 Å². The zero-order valence-electron chi connectivity index (χ0n) is 15.0. The van der Waals surface area contributed by atoms with Crippen LogP contribution in [-0.2, 0) is 6.42 Å². The molecular weight excluding hydrogens is 316 g/mol. The third-order valence-corrected chi connectivity index (χ3v) is 4.98. The van der Waals surface area contributed by atoms with Gasteiger partial charge in [-0.3, -0.25) is 0 Å². The lowest BCUT2D eigenvalue weighted by Crippen LogP contribution is -2.51. The number of aliphatic hydroxyl groups is 1. The number of piperidine rings is 1. The molecule has 2 aromatic rings. The monoisotopic (exact) mass is 344 g/mol. The maximum absolute atomic E-state index is 12.0. The number of hydrogen-bond donors (Lipinski definition) is 3. The van der Waals surface area contributed by atoms with Crippen LogP contribution in [-0.4, -0.2) is 71.8 Å². The van der Waals surface area contributed by atoms with Crippen molar-refractivity contribution in [1.82, 2.24) is 20.1 Å². The molecule has 25 heavy (non-hydrogen) atoms. The minimum Gasteiger partial charge on any atom is -0.395 e. The number of benzene rings is 1.